The molecule has 1 aliphatic rings. The predicted molar refractivity (Wildman–Crippen MR) is 71.3 cm³/mol. The Kier molecular flexibility index (Phi) is 4.52. The number of aliphatic hydroxyl groups excluding tert-OH is 2. The van der Waals surface area contributed by atoms with Crippen molar-refractivity contribution in [2.75, 3.05) is 13.6 Å². The number of amides is 1. The summed E-state index contributed by atoms with van der Waals surface area (Å²) in [6.45, 7) is 0.928. The standard InChI is InChI=1S/C14H20N2O3/c1-15-14(19)13-12(18)7-11(17)9-16(13)8-10-5-3-2-4-6-10/h2-6,11-13,17-18H,7-9H2,1H3,(H,15,19)/t11-,12-,13-/m0/s1. The zero-order valence-corrected chi connectivity index (χ0v) is 11.0. The highest BCUT2D eigenvalue weighted by atomic mass is 16.3. The topological polar surface area (TPSA) is 72.8 Å². The molecule has 0 aliphatic carbocycles. The second-order valence-corrected chi connectivity index (χ2v) is 4.93. The average molecular weight is 264 g/mol. The fraction of sp³-hybridized carbons (Fsp3) is 0.500. The fourth-order valence-corrected chi connectivity index (χ4v) is 2.58. The van der Waals surface area contributed by atoms with Gasteiger partial charge in [0.05, 0.1) is 12.2 Å². The molecule has 104 valence electrons. The minimum atomic E-state index is -0.840. The lowest BCUT2D eigenvalue weighted by atomic mass is 9.95. The number of hydrogen-bond donors (Lipinski definition) is 3. The van der Waals surface area contributed by atoms with Crippen molar-refractivity contribution < 1.29 is 15.0 Å². The van der Waals surface area contributed by atoms with E-state index < -0.39 is 18.2 Å². The highest BCUT2D eigenvalue weighted by Crippen LogP contribution is 2.21. The van der Waals surface area contributed by atoms with E-state index in [-0.39, 0.29) is 12.3 Å². The van der Waals surface area contributed by atoms with Crippen molar-refractivity contribution in [3.8, 4) is 0 Å². The first kappa shape index (κ1) is 14.0. The number of rotatable bonds is 3. The van der Waals surface area contributed by atoms with Crippen molar-refractivity contribution in [2.24, 2.45) is 0 Å². The zero-order chi connectivity index (χ0) is 13.8. The number of carbonyl (C=O) groups excluding carboxylic acids is 1. The SMILES string of the molecule is CNC(=O)[C@@H]1[C@@H](O)C[C@H](O)CN1Cc1ccccc1. The highest BCUT2D eigenvalue weighted by molar-refractivity contribution is 5.82. The van der Waals surface area contributed by atoms with Crippen LogP contribution in [0.25, 0.3) is 0 Å². The molecule has 2 rings (SSSR count). The van der Waals surface area contributed by atoms with E-state index in [1.165, 1.54) is 0 Å². The number of likely N-dealkylation sites (tertiary alicyclic amines) is 1. The maximum atomic E-state index is 11.9. The van der Waals surface area contributed by atoms with Gasteiger partial charge in [-0.3, -0.25) is 9.69 Å². The Bertz CT molecular complexity index is 424. The van der Waals surface area contributed by atoms with Crippen LogP contribution in [0.15, 0.2) is 30.3 Å². The fourth-order valence-electron chi connectivity index (χ4n) is 2.58. The van der Waals surface area contributed by atoms with E-state index in [2.05, 4.69) is 5.32 Å². The number of nitrogens with zero attached hydrogens (tertiary/aromatic N) is 1. The molecule has 3 atom stereocenters. The van der Waals surface area contributed by atoms with Gasteiger partial charge in [-0.25, -0.2) is 0 Å². The van der Waals surface area contributed by atoms with Crippen LogP contribution in [0.3, 0.4) is 0 Å². The van der Waals surface area contributed by atoms with Crippen molar-refractivity contribution >= 4 is 5.91 Å². The smallest absolute Gasteiger partial charge is 0.239 e. The van der Waals surface area contributed by atoms with Gasteiger partial charge >= 0.3 is 0 Å². The van der Waals surface area contributed by atoms with Gasteiger partial charge in [0.15, 0.2) is 0 Å². The maximum Gasteiger partial charge on any atom is 0.239 e. The van der Waals surface area contributed by atoms with E-state index in [1.54, 1.807) is 7.05 Å². The average Bonchev–Trinajstić information content (AvgIpc) is 2.38. The maximum absolute atomic E-state index is 11.9. The van der Waals surface area contributed by atoms with Crippen LogP contribution in [0, 0.1) is 0 Å². The number of carbonyl (C=O) groups is 1. The minimum Gasteiger partial charge on any atom is -0.392 e. The number of aliphatic hydroxyl groups is 2. The first-order valence-corrected chi connectivity index (χ1v) is 6.47. The molecule has 0 bridgehead atoms. The number of piperidine rings is 1. The number of likely N-dealkylation sites (N-methyl/N-ethyl adjacent to an activating group) is 1. The van der Waals surface area contributed by atoms with Crippen LogP contribution in [0.4, 0.5) is 0 Å². The van der Waals surface area contributed by atoms with E-state index in [9.17, 15) is 15.0 Å². The van der Waals surface area contributed by atoms with Crippen molar-refractivity contribution in [1.29, 1.82) is 0 Å². The Morgan fingerprint density at radius 1 is 1.37 bits per heavy atom. The van der Waals surface area contributed by atoms with Crippen LogP contribution in [0.2, 0.25) is 0 Å². The van der Waals surface area contributed by atoms with Crippen LogP contribution >= 0.6 is 0 Å². The Balaban J connectivity index is 2.15. The van der Waals surface area contributed by atoms with Gasteiger partial charge in [-0.15, -0.1) is 0 Å². The van der Waals surface area contributed by atoms with Gasteiger partial charge in [0.2, 0.25) is 5.91 Å². The molecule has 3 N–H and O–H groups in total. The number of nitrogens with one attached hydrogen (secondary N) is 1. The molecule has 1 aromatic carbocycles. The Morgan fingerprint density at radius 3 is 2.68 bits per heavy atom. The van der Waals surface area contributed by atoms with Gasteiger partial charge in [-0.1, -0.05) is 30.3 Å². The minimum absolute atomic E-state index is 0.213. The summed E-state index contributed by atoms with van der Waals surface area (Å²) < 4.78 is 0. The first-order chi connectivity index (χ1) is 9.11. The van der Waals surface area contributed by atoms with Crippen LogP contribution in [0.1, 0.15) is 12.0 Å². The lowest BCUT2D eigenvalue weighted by Crippen LogP contribution is -2.58. The van der Waals surface area contributed by atoms with Crippen LogP contribution < -0.4 is 5.32 Å². The molecule has 1 saturated heterocycles. The van der Waals surface area contributed by atoms with Crippen molar-refractivity contribution in [3.63, 3.8) is 0 Å². The van der Waals surface area contributed by atoms with E-state index in [4.69, 9.17) is 0 Å². The molecular weight excluding hydrogens is 244 g/mol. The third kappa shape index (κ3) is 3.32. The lowest BCUT2D eigenvalue weighted by Gasteiger charge is -2.40. The van der Waals surface area contributed by atoms with Gasteiger partial charge in [0, 0.05) is 26.6 Å². The van der Waals surface area contributed by atoms with Gasteiger partial charge < -0.3 is 15.5 Å². The zero-order valence-electron chi connectivity index (χ0n) is 11.0. The summed E-state index contributed by atoms with van der Waals surface area (Å²) in [6.07, 6.45) is -1.20. The summed E-state index contributed by atoms with van der Waals surface area (Å²) in [5, 5.41) is 22.4. The summed E-state index contributed by atoms with van der Waals surface area (Å²) in [7, 11) is 1.56. The summed E-state index contributed by atoms with van der Waals surface area (Å²) in [6, 6.07) is 9.12. The van der Waals surface area contributed by atoms with Crippen molar-refractivity contribution in [3.05, 3.63) is 35.9 Å². The number of hydrogen-bond acceptors (Lipinski definition) is 4. The Hall–Kier alpha value is -1.43. The molecule has 1 heterocycles. The van der Waals surface area contributed by atoms with E-state index in [0.717, 1.165) is 5.56 Å². The molecule has 5 nitrogen and oxygen atoms in total. The third-order valence-corrected chi connectivity index (χ3v) is 3.46. The molecule has 1 aromatic rings. The van der Waals surface area contributed by atoms with E-state index in [1.807, 2.05) is 35.2 Å². The molecule has 0 radical (unpaired) electrons. The number of β-amino-alcohol motifs (C(OH)–C–C–N with tert-alkyl or cyclic N) is 1. The van der Waals surface area contributed by atoms with Crippen LogP contribution in [-0.2, 0) is 11.3 Å². The molecule has 19 heavy (non-hydrogen) atoms. The molecule has 1 fully saturated rings. The quantitative estimate of drug-likeness (QED) is 0.702. The molecule has 5 heteroatoms. The van der Waals surface area contributed by atoms with E-state index >= 15 is 0 Å². The molecular formula is C14H20N2O3. The summed E-state index contributed by atoms with van der Waals surface area (Å²) in [5.74, 6) is -0.213. The molecule has 0 spiro atoms. The van der Waals surface area contributed by atoms with Gasteiger partial charge in [-0.05, 0) is 5.56 Å². The molecule has 0 unspecified atom stereocenters. The van der Waals surface area contributed by atoms with Crippen molar-refractivity contribution in [2.45, 2.75) is 31.2 Å². The lowest BCUT2D eigenvalue weighted by molar-refractivity contribution is -0.136. The normalized spacial score (nSPS) is 28.1. The summed E-state index contributed by atoms with van der Waals surface area (Å²) in [4.78, 5) is 13.7. The highest BCUT2D eigenvalue weighted by Gasteiger charge is 2.38. The summed E-state index contributed by atoms with van der Waals surface area (Å²) in [5.41, 5.74) is 1.05. The molecule has 0 aromatic heterocycles. The third-order valence-electron chi connectivity index (χ3n) is 3.46. The largest absolute Gasteiger partial charge is 0.392 e. The van der Waals surface area contributed by atoms with Crippen LogP contribution in [0.5, 0.6) is 0 Å². The summed E-state index contributed by atoms with van der Waals surface area (Å²) >= 11 is 0. The second-order valence-electron chi connectivity index (χ2n) is 4.93. The van der Waals surface area contributed by atoms with Gasteiger partial charge in [0.1, 0.15) is 6.04 Å². The van der Waals surface area contributed by atoms with Crippen molar-refractivity contribution in [1.82, 2.24) is 10.2 Å². The van der Waals surface area contributed by atoms with Gasteiger partial charge in [-0.2, -0.15) is 0 Å². The Labute approximate surface area is 112 Å². The molecule has 0 saturated carbocycles. The molecule has 1 amide bonds. The predicted octanol–water partition coefficient (Wildman–Crippen LogP) is -0.271. The molecule has 1 aliphatic heterocycles. The number of benzene rings is 1. The monoisotopic (exact) mass is 264 g/mol. The van der Waals surface area contributed by atoms with Crippen LogP contribution in [-0.4, -0.2) is 52.9 Å². The van der Waals surface area contributed by atoms with E-state index in [0.29, 0.717) is 13.1 Å². The Morgan fingerprint density at radius 2 is 2.05 bits per heavy atom. The first-order valence-electron chi connectivity index (χ1n) is 6.47. The van der Waals surface area contributed by atoms with Gasteiger partial charge in [0.25, 0.3) is 0 Å². The second kappa shape index (κ2) is 6.14.